The summed E-state index contributed by atoms with van der Waals surface area (Å²) < 4.78 is 20.7. The van der Waals surface area contributed by atoms with Crippen LogP contribution in [0.4, 0.5) is 10.5 Å². The van der Waals surface area contributed by atoms with E-state index in [1.165, 1.54) is 7.05 Å². The Balaban J connectivity index is 2.71. The van der Waals surface area contributed by atoms with Gasteiger partial charge in [-0.3, -0.25) is 4.90 Å². The van der Waals surface area contributed by atoms with Crippen molar-refractivity contribution in [1.29, 1.82) is 0 Å². The predicted octanol–water partition coefficient (Wildman–Crippen LogP) is 3.35. The van der Waals surface area contributed by atoms with E-state index in [1.807, 2.05) is 6.92 Å². The molecule has 0 heterocycles. The lowest BCUT2D eigenvalue weighted by Crippen LogP contribution is -2.44. The van der Waals surface area contributed by atoms with Crippen LogP contribution in [-0.4, -0.2) is 40.5 Å². The van der Waals surface area contributed by atoms with Crippen LogP contribution in [0.2, 0.25) is 0 Å². The largest absolute Gasteiger partial charge is 0.696 e. The molecule has 1 aromatic rings. The number of benzene rings is 1. The maximum absolute atomic E-state index is 12.1. The zero-order valence-corrected chi connectivity index (χ0v) is 14.3. The number of carbonyl (C=O) groups is 1. The van der Waals surface area contributed by atoms with Crippen molar-refractivity contribution in [3.05, 3.63) is 24.3 Å². The topological polar surface area (TPSA) is 88.1 Å². The lowest BCUT2D eigenvalue weighted by molar-refractivity contribution is 0.0805. The molecular formula is C12H16Cl2N2O5P+. The molecule has 0 bridgehead atoms. The molecule has 2 unspecified atom stereocenters. The Morgan fingerprint density at radius 2 is 2.00 bits per heavy atom. The van der Waals surface area contributed by atoms with Gasteiger partial charge in [0.2, 0.25) is 6.23 Å². The van der Waals surface area contributed by atoms with E-state index in [2.05, 4.69) is 9.84 Å². The summed E-state index contributed by atoms with van der Waals surface area (Å²) in [6.45, 7) is 2.41. The van der Waals surface area contributed by atoms with E-state index in [4.69, 9.17) is 32.8 Å². The fourth-order valence-electron chi connectivity index (χ4n) is 1.51. The van der Waals surface area contributed by atoms with E-state index in [1.54, 1.807) is 24.3 Å². The van der Waals surface area contributed by atoms with Crippen LogP contribution in [0.25, 0.3) is 0 Å². The molecule has 0 radical (unpaired) electrons. The first-order chi connectivity index (χ1) is 10.3. The Morgan fingerprint density at radius 1 is 1.41 bits per heavy atom. The van der Waals surface area contributed by atoms with E-state index in [0.29, 0.717) is 18.0 Å². The number of alkyl halides is 2. The molecule has 2 amide bonds. The molecule has 0 saturated carbocycles. The van der Waals surface area contributed by atoms with Gasteiger partial charge in [0.15, 0.2) is 4.84 Å². The van der Waals surface area contributed by atoms with Crippen LogP contribution in [0.1, 0.15) is 6.92 Å². The van der Waals surface area contributed by atoms with Gasteiger partial charge in [0.25, 0.3) is 0 Å². The minimum Gasteiger partial charge on any atom is -0.494 e. The van der Waals surface area contributed by atoms with Gasteiger partial charge in [-0.15, -0.1) is 28.1 Å². The van der Waals surface area contributed by atoms with Crippen LogP contribution in [0, 0.1) is 0 Å². The van der Waals surface area contributed by atoms with Crippen LogP contribution >= 0.6 is 31.5 Å². The number of nitrogens with one attached hydrogen (secondary N) is 1. The van der Waals surface area contributed by atoms with Gasteiger partial charge in [-0.05, 0) is 31.2 Å². The molecule has 2 N–H and O–H groups in total. The second-order valence-corrected chi connectivity index (χ2v) is 5.92. The molecule has 1 aromatic carbocycles. The molecule has 0 saturated heterocycles. The van der Waals surface area contributed by atoms with Crippen molar-refractivity contribution in [3.8, 4) is 5.75 Å². The molecular weight excluding hydrogens is 354 g/mol. The fourth-order valence-corrected chi connectivity index (χ4v) is 2.54. The van der Waals surface area contributed by atoms with Gasteiger partial charge in [0.1, 0.15) is 5.75 Å². The number of urea groups is 1. The Hall–Kier alpha value is -1.11. The molecule has 122 valence electrons. The monoisotopic (exact) mass is 369 g/mol. The highest BCUT2D eigenvalue weighted by molar-refractivity contribution is 7.32. The third kappa shape index (κ3) is 5.94. The van der Waals surface area contributed by atoms with Crippen LogP contribution in [0.15, 0.2) is 24.3 Å². The number of halogens is 2. The smallest absolute Gasteiger partial charge is 0.494 e. The number of anilines is 1. The van der Waals surface area contributed by atoms with Crippen molar-refractivity contribution in [3.63, 3.8) is 0 Å². The third-order valence-corrected chi connectivity index (χ3v) is 3.36. The molecule has 0 aliphatic heterocycles. The van der Waals surface area contributed by atoms with Crippen molar-refractivity contribution in [2.24, 2.45) is 0 Å². The van der Waals surface area contributed by atoms with Crippen molar-refractivity contribution >= 4 is 43.2 Å². The Kier molecular flexibility index (Phi) is 7.85. The normalized spacial score (nSPS) is 12.7. The lowest BCUT2D eigenvalue weighted by atomic mass is 10.3. The molecule has 7 nitrogen and oxygen atoms in total. The zero-order valence-electron chi connectivity index (χ0n) is 11.9. The second-order valence-electron chi connectivity index (χ2n) is 4.07. The van der Waals surface area contributed by atoms with Gasteiger partial charge in [-0.1, -0.05) is 4.52 Å². The molecule has 22 heavy (non-hydrogen) atoms. The van der Waals surface area contributed by atoms with Crippen LogP contribution in [0.3, 0.4) is 0 Å². The maximum Gasteiger partial charge on any atom is 0.696 e. The molecule has 0 fully saturated rings. The summed E-state index contributed by atoms with van der Waals surface area (Å²) in [5.41, 5.74) is 0.508. The predicted molar refractivity (Wildman–Crippen MR) is 84.6 cm³/mol. The number of amides is 2. The molecule has 2 atom stereocenters. The number of rotatable bonds is 7. The summed E-state index contributed by atoms with van der Waals surface area (Å²) >= 11 is 11.3. The average molecular weight is 370 g/mol. The van der Waals surface area contributed by atoms with Gasteiger partial charge in [0, 0.05) is 17.3 Å². The molecule has 1 rings (SSSR count). The number of carbonyl (C=O) groups excluding carboxylic acids is 1. The fraction of sp³-hybridized carbons (Fsp3) is 0.417. The van der Waals surface area contributed by atoms with Crippen LogP contribution < -0.4 is 10.1 Å². The van der Waals surface area contributed by atoms with E-state index >= 15 is 0 Å². The first-order valence-electron chi connectivity index (χ1n) is 6.23. The van der Waals surface area contributed by atoms with Gasteiger partial charge in [-0.25, -0.2) is 4.79 Å². The van der Waals surface area contributed by atoms with Crippen molar-refractivity contribution < 1.29 is 23.5 Å². The second kappa shape index (κ2) is 9.12. The van der Waals surface area contributed by atoms with Gasteiger partial charge in [-0.2, -0.15) is 0 Å². The lowest BCUT2D eigenvalue weighted by Gasteiger charge is -2.24. The Labute approximate surface area is 139 Å². The highest BCUT2D eigenvalue weighted by Crippen LogP contribution is 2.26. The minimum absolute atomic E-state index is 0.508. The number of hydrogen-bond donors (Lipinski definition) is 2. The van der Waals surface area contributed by atoms with E-state index < -0.39 is 25.4 Å². The van der Waals surface area contributed by atoms with Gasteiger partial charge >= 0.3 is 14.3 Å². The van der Waals surface area contributed by atoms with E-state index in [9.17, 15) is 9.36 Å². The average Bonchev–Trinajstić information content (AvgIpc) is 2.46. The van der Waals surface area contributed by atoms with Crippen molar-refractivity contribution in [2.75, 3.05) is 19.0 Å². The minimum atomic E-state index is -2.95. The first kappa shape index (κ1) is 18.9. The first-order valence-corrected chi connectivity index (χ1v) is 8.23. The summed E-state index contributed by atoms with van der Waals surface area (Å²) in [4.78, 5) is 20.6. The van der Waals surface area contributed by atoms with Crippen molar-refractivity contribution in [1.82, 2.24) is 4.90 Å². The highest BCUT2D eigenvalue weighted by atomic mass is 35.5. The molecule has 10 heteroatoms. The third-order valence-electron chi connectivity index (χ3n) is 2.53. The summed E-state index contributed by atoms with van der Waals surface area (Å²) in [7, 11) is -1.62. The SMILES string of the molecule is CCOc1ccc(NC(=O)N(C)C(O[P+](=O)O)C(Cl)Cl)cc1. The van der Waals surface area contributed by atoms with Gasteiger partial charge in [0.05, 0.1) is 6.61 Å². The van der Waals surface area contributed by atoms with Crippen LogP contribution in [0.5, 0.6) is 5.75 Å². The number of hydrogen-bond acceptors (Lipinski definition) is 4. The Bertz CT molecular complexity index is 515. The summed E-state index contributed by atoms with van der Waals surface area (Å²) in [6.07, 6.45) is -1.26. The van der Waals surface area contributed by atoms with Crippen LogP contribution in [-0.2, 0) is 9.09 Å². The summed E-state index contributed by atoms with van der Waals surface area (Å²) in [6, 6.07) is 6.10. The summed E-state index contributed by atoms with van der Waals surface area (Å²) in [5.74, 6) is 0.675. The summed E-state index contributed by atoms with van der Waals surface area (Å²) in [5, 5.41) is 2.58. The zero-order chi connectivity index (χ0) is 16.7. The van der Waals surface area contributed by atoms with E-state index in [0.717, 1.165) is 4.90 Å². The number of ether oxygens (including phenoxy) is 1. The molecule has 0 aliphatic carbocycles. The number of nitrogens with zero attached hydrogens (tertiary/aromatic N) is 1. The standard InChI is InChI=1S/C12H15Cl2N2O5P/c1-3-20-9-6-4-8(5-7-9)15-12(17)16(2)11(10(13)14)21-22(18)19/h4-7,10-11H,3H2,1-2H3,(H-,15,17,18,19)/p+1. The van der Waals surface area contributed by atoms with E-state index in [-0.39, 0.29) is 0 Å². The quantitative estimate of drug-likeness (QED) is 0.437. The molecule has 0 aromatic heterocycles. The van der Waals surface area contributed by atoms with Crippen molar-refractivity contribution in [2.45, 2.75) is 18.0 Å². The molecule has 0 aliphatic rings. The maximum atomic E-state index is 12.1. The molecule has 0 spiro atoms. The Morgan fingerprint density at radius 3 is 2.45 bits per heavy atom. The highest BCUT2D eigenvalue weighted by Gasteiger charge is 2.35. The van der Waals surface area contributed by atoms with Gasteiger partial charge < -0.3 is 10.1 Å².